The van der Waals surface area contributed by atoms with E-state index in [0.717, 1.165) is 23.8 Å². The van der Waals surface area contributed by atoms with Crippen LogP contribution >= 0.6 is 0 Å². The summed E-state index contributed by atoms with van der Waals surface area (Å²) in [5.41, 5.74) is 0.0496. The second-order valence-corrected chi connectivity index (χ2v) is 5.86. The molecule has 0 heterocycles. The normalized spacial score (nSPS) is 11.8. The summed E-state index contributed by atoms with van der Waals surface area (Å²) in [7, 11) is 2.93. The Hall–Kier alpha value is -3.55. The number of hydrogen-bond acceptors (Lipinski definition) is 4. The minimum Gasteiger partial charge on any atom is -0.497 e. The molecule has 8 heteroatoms. The van der Waals surface area contributed by atoms with Crippen LogP contribution in [0, 0.1) is 11.6 Å². The van der Waals surface area contributed by atoms with Crippen LogP contribution in [-0.2, 0) is 11.3 Å². The Labute approximate surface area is 167 Å². The van der Waals surface area contributed by atoms with Gasteiger partial charge in [0.05, 0.1) is 12.8 Å². The lowest BCUT2D eigenvalue weighted by atomic mass is 10.1. The Morgan fingerprint density at radius 3 is 2.24 bits per heavy atom. The van der Waals surface area contributed by atoms with Crippen LogP contribution in [0.2, 0.25) is 0 Å². The van der Waals surface area contributed by atoms with Crippen LogP contribution in [0.25, 0.3) is 0 Å². The summed E-state index contributed by atoms with van der Waals surface area (Å²) in [5.74, 6) is -2.88. The fraction of sp³-hybridized carbons (Fsp3) is 0.190. The van der Waals surface area contributed by atoms with Crippen molar-refractivity contribution < 1.29 is 23.1 Å². The molecule has 152 valence electrons. The molecule has 0 radical (unpaired) electrons. The zero-order valence-electron chi connectivity index (χ0n) is 16.3. The van der Waals surface area contributed by atoms with Crippen molar-refractivity contribution in [1.82, 2.24) is 10.6 Å². The van der Waals surface area contributed by atoms with Crippen molar-refractivity contribution in [2.24, 2.45) is 4.99 Å². The highest BCUT2D eigenvalue weighted by atomic mass is 19.1. The quantitative estimate of drug-likeness (QED) is 0.700. The Morgan fingerprint density at radius 2 is 1.72 bits per heavy atom. The molecule has 0 aliphatic rings. The van der Waals surface area contributed by atoms with Crippen LogP contribution in [0.5, 0.6) is 5.75 Å². The number of methoxy groups -OCH3 is 1. The van der Waals surface area contributed by atoms with Crippen molar-refractivity contribution >= 4 is 17.5 Å². The summed E-state index contributed by atoms with van der Waals surface area (Å²) >= 11 is 0. The molecule has 0 atom stereocenters. The fourth-order valence-electron chi connectivity index (χ4n) is 2.52. The highest BCUT2D eigenvalue weighted by Gasteiger charge is 2.22. The van der Waals surface area contributed by atoms with E-state index in [0.29, 0.717) is 5.75 Å². The van der Waals surface area contributed by atoms with E-state index >= 15 is 0 Å². The third-order valence-electron chi connectivity index (χ3n) is 4.03. The molecule has 0 aliphatic carbocycles. The Bertz CT molecular complexity index is 934. The molecule has 2 N–H and O–H groups in total. The molecule has 0 unspecified atom stereocenters. The monoisotopic (exact) mass is 401 g/mol. The summed E-state index contributed by atoms with van der Waals surface area (Å²) in [4.78, 5) is 28.7. The highest BCUT2D eigenvalue weighted by molar-refractivity contribution is 6.45. The van der Waals surface area contributed by atoms with Gasteiger partial charge in [0.1, 0.15) is 28.7 Å². The van der Waals surface area contributed by atoms with Gasteiger partial charge in [-0.05, 0) is 36.8 Å². The second-order valence-electron chi connectivity index (χ2n) is 5.86. The number of halogens is 2. The minimum absolute atomic E-state index is 0.0346. The number of carbonyl (C=O) groups excluding carboxylic acids is 2. The van der Waals surface area contributed by atoms with E-state index in [1.807, 2.05) is 0 Å². The molecule has 0 saturated heterocycles. The van der Waals surface area contributed by atoms with Crippen molar-refractivity contribution in [1.29, 1.82) is 0 Å². The zero-order valence-corrected chi connectivity index (χ0v) is 16.3. The third kappa shape index (κ3) is 5.47. The van der Waals surface area contributed by atoms with Crippen LogP contribution in [0.15, 0.2) is 59.2 Å². The first-order valence-corrected chi connectivity index (χ1v) is 8.71. The van der Waals surface area contributed by atoms with Crippen molar-refractivity contribution in [3.8, 4) is 5.75 Å². The molecular formula is C21H21F2N3O3. The van der Waals surface area contributed by atoms with Gasteiger partial charge in [0.2, 0.25) is 0 Å². The van der Waals surface area contributed by atoms with Gasteiger partial charge in [0, 0.05) is 13.6 Å². The molecular weight excluding hydrogens is 380 g/mol. The second kappa shape index (κ2) is 10.1. The summed E-state index contributed by atoms with van der Waals surface area (Å²) in [5, 5.41) is 5.03. The molecule has 2 aromatic rings. The summed E-state index contributed by atoms with van der Waals surface area (Å²) in [6.07, 6.45) is 1.42. The molecule has 0 fully saturated rings. The summed E-state index contributed by atoms with van der Waals surface area (Å²) < 4.78 is 32.7. The van der Waals surface area contributed by atoms with Gasteiger partial charge < -0.3 is 15.4 Å². The van der Waals surface area contributed by atoms with Crippen molar-refractivity contribution in [3.63, 3.8) is 0 Å². The summed E-state index contributed by atoms with van der Waals surface area (Å²) in [6.45, 7) is 1.78. The maximum absolute atomic E-state index is 13.8. The van der Waals surface area contributed by atoms with Crippen LogP contribution in [-0.4, -0.2) is 31.7 Å². The van der Waals surface area contributed by atoms with E-state index in [9.17, 15) is 18.4 Å². The predicted octanol–water partition coefficient (Wildman–Crippen LogP) is 2.99. The van der Waals surface area contributed by atoms with E-state index in [-0.39, 0.29) is 18.0 Å². The van der Waals surface area contributed by atoms with Crippen molar-refractivity contribution in [2.75, 3.05) is 14.2 Å². The maximum Gasteiger partial charge on any atom is 0.271 e. The van der Waals surface area contributed by atoms with E-state index < -0.39 is 29.0 Å². The van der Waals surface area contributed by atoms with Crippen LogP contribution < -0.4 is 15.4 Å². The zero-order chi connectivity index (χ0) is 21.4. The van der Waals surface area contributed by atoms with Crippen LogP contribution in [0.4, 0.5) is 8.78 Å². The number of carbonyl (C=O) groups is 2. The summed E-state index contributed by atoms with van der Waals surface area (Å²) in [6, 6.07) is 10.2. The van der Waals surface area contributed by atoms with Gasteiger partial charge in [0.15, 0.2) is 0 Å². The molecule has 0 aliphatic heterocycles. The van der Waals surface area contributed by atoms with Crippen LogP contribution in [0.3, 0.4) is 0 Å². The maximum atomic E-state index is 13.8. The molecule has 0 saturated carbocycles. The van der Waals surface area contributed by atoms with Gasteiger partial charge in [-0.15, -0.1) is 0 Å². The number of hydrogen-bond donors (Lipinski definition) is 2. The van der Waals surface area contributed by atoms with Crippen LogP contribution in [0.1, 0.15) is 22.8 Å². The molecule has 2 rings (SSSR count). The standard InChI is InChI=1S/C21H21F2N3O3/c1-4-17(26-20(27)18-15(22)6-5-7-16(18)23)19(24-2)21(28)25-12-13-8-10-14(29-3)11-9-13/h4-11H,12H2,1-3H3,(H,25,28)(H,26,27)/b17-4+,24-19?. The largest absolute Gasteiger partial charge is 0.497 e. The lowest BCUT2D eigenvalue weighted by molar-refractivity contribution is -0.114. The lowest BCUT2D eigenvalue weighted by Crippen LogP contribution is -2.38. The van der Waals surface area contributed by atoms with E-state index in [1.54, 1.807) is 38.3 Å². The third-order valence-corrected chi connectivity index (χ3v) is 4.03. The highest BCUT2D eigenvalue weighted by Crippen LogP contribution is 2.13. The van der Waals surface area contributed by atoms with E-state index in [4.69, 9.17) is 4.74 Å². The number of allylic oxidation sites excluding steroid dienone is 1. The minimum atomic E-state index is -1.02. The molecule has 6 nitrogen and oxygen atoms in total. The topological polar surface area (TPSA) is 79.8 Å². The van der Waals surface area contributed by atoms with E-state index in [2.05, 4.69) is 15.6 Å². The SMILES string of the molecule is C/C=C(/NC(=O)c1c(F)cccc1F)C(=NC)C(=O)NCc1ccc(OC)cc1. The average molecular weight is 401 g/mol. The average Bonchev–Trinajstić information content (AvgIpc) is 2.72. The molecule has 0 bridgehead atoms. The Morgan fingerprint density at radius 1 is 1.10 bits per heavy atom. The first-order valence-electron chi connectivity index (χ1n) is 8.71. The number of nitrogens with one attached hydrogen (secondary N) is 2. The van der Waals surface area contributed by atoms with Crippen molar-refractivity contribution in [2.45, 2.75) is 13.5 Å². The van der Waals surface area contributed by atoms with Gasteiger partial charge >= 0.3 is 0 Å². The number of ether oxygens (including phenoxy) is 1. The van der Waals surface area contributed by atoms with Gasteiger partial charge in [-0.1, -0.05) is 24.3 Å². The van der Waals surface area contributed by atoms with Gasteiger partial charge in [-0.3, -0.25) is 14.6 Å². The number of rotatable bonds is 7. The number of amides is 2. The molecule has 2 aromatic carbocycles. The molecule has 2 amide bonds. The predicted molar refractivity (Wildman–Crippen MR) is 106 cm³/mol. The number of benzene rings is 2. The Kier molecular flexibility index (Phi) is 7.59. The molecule has 29 heavy (non-hydrogen) atoms. The lowest BCUT2D eigenvalue weighted by Gasteiger charge is -2.13. The van der Waals surface area contributed by atoms with Crippen molar-refractivity contribution in [3.05, 3.63) is 77.0 Å². The van der Waals surface area contributed by atoms with Gasteiger partial charge in [-0.2, -0.15) is 0 Å². The van der Waals surface area contributed by atoms with Gasteiger partial charge in [-0.25, -0.2) is 8.78 Å². The van der Waals surface area contributed by atoms with Gasteiger partial charge in [0.25, 0.3) is 11.8 Å². The first kappa shape index (κ1) is 21.7. The van der Waals surface area contributed by atoms with E-state index in [1.165, 1.54) is 13.1 Å². The Balaban J connectivity index is 2.09. The first-order chi connectivity index (χ1) is 13.9. The fourth-order valence-corrected chi connectivity index (χ4v) is 2.52. The number of aliphatic imine (C=N–C) groups is 1. The number of nitrogens with zero attached hydrogens (tertiary/aromatic N) is 1. The molecule has 0 spiro atoms. The molecule has 0 aromatic heterocycles. The smallest absolute Gasteiger partial charge is 0.271 e.